The van der Waals surface area contributed by atoms with Crippen LogP contribution in [0.25, 0.3) is 28.0 Å². The molecule has 0 aliphatic carbocycles. The number of nitrogens with zero attached hydrogens (tertiary/aromatic N) is 4. The van der Waals surface area contributed by atoms with Crippen LogP contribution in [0.1, 0.15) is 34.9 Å². The van der Waals surface area contributed by atoms with Crippen molar-refractivity contribution in [3.63, 3.8) is 0 Å². The molecule has 0 bridgehead atoms. The highest BCUT2D eigenvalue weighted by Crippen LogP contribution is 2.31. The summed E-state index contributed by atoms with van der Waals surface area (Å²) in [5.41, 5.74) is 5.05. The van der Waals surface area contributed by atoms with Gasteiger partial charge in [-0.25, -0.2) is 9.67 Å². The van der Waals surface area contributed by atoms with Gasteiger partial charge in [-0.1, -0.05) is 42.5 Å². The number of aromatic nitrogens is 4. The first-order chi connectivity index (χ1) is 17.7. The number of rotatable bonds is 5. The van der Waals surface area contributed by atoms with E-state index in [1.54, 1.807) is 11.8 Å². The molecule has 3 aromatic carbocycles. The van der Waals surface area contributed by atoms with Gasteiger partial charge in [0.1, 0.15) is 17.3 Å². The molecule has 5 aromatic rings. The van der Waals surface area contributed by atoms with Crippen LogP contribution in [0.5, 0.6) is 5.75 Å². The highest BCUT2D eigenvalue weighted by atomic mass is 16.5. The van der Waals surface area contributed by atoms with Gasteiger partial charge in [-0.3, -0.25) is 4.79 Å². The minimum atomic E-state index is -0.00180. The number of para-hydroxylation sites is 3. The molecule has 1 N–H and O–H groups in total. The van der Waals surface area contributed by atoms with Crippen LogP contribution in [-0.2, 0) is 0 Å². The molecule has 2 aromatic heterocycles. The summed E-state index contributed by atoms with van der Waals surface area (Å²) in [6.07, 6.45) is 3.58. The molecule has 0 saturated carbocycles. The van der Waals surface area contributed by atoms with Crippen molar-refractivity contribution in [2.45, 2.75) is 18.8 Å². The van der Waals surface area contributed by atoms with E-state index in [0.29, 0.717) is 30.3 Å². The third kappa shape index (κ3) is 4.13. The molecule has 6 rings (SSSR count). The van der Waals surface area contributed by atoms with Crippen LogP contribution in [0.15, 0.2) is 85.1 Å². The Morgan fingerprint density at radius 2 is 1.75 bits per heavy atom. The van der Waals surface area contributed by atoms with Crippen LogP contribution in [-0.4, -0.2) is 50.8 Å². The first kappa shape index (κ1) is 22.1. The Kier molecular flexibility index (Phi) is 5.73. The van der Waals surface area contributed by atoms with E-state index in [2.05, 4.69) is 11.1 Å². The van der Waals surface area contributed by atoms with Gasteiger partial charge in [0.15, 0.2) is 0 Å². The van der Waals surface area contributed by atoms with Crippen LogP contribution < -0.4 is 4.74 Å². The first-order valence-electron chi connectivity index (χ1n) is 12.2. The Morgan fingerprint density at radius 1 is 0.972 bits per heavy atom. The van der Waals surface area contributed by atoms with E-state index in [-0.39, 0.29) is 5.91 Å². The van der Waals surface area contributed by atoms with Gasteiger partial charge in [0.2, 0.25) is 0 Å². The van der Waals surface area contributed by atoms with E-state index >= 15 is 0 Å². The first-order valence-corrected chi connectivity index (χ1v) is 12.2. The maximum Gasteiger partial charge on any atom is 0.257 e. The predicted molar refractivity (Wildman–Crippen MR) is 140 cm³/mol. The number of carbonyl (C=O) groups excluding carboxylic acids is 1. The van der Waals surface area contributed by atoms with Gasteiger partial charge in [0.25, 0.3) is 5.91 Å². The number of imidazole rings is 1. The molecular weight excluding hydrogens is 450 g/mol. The summed E-state index contributed by atoms with van der Waals surface area (Å²) in [5, 5.41) is 4.83. The molecule has 180 valence electrons. The summed E-state index contributed by atoms with van der Waals surface area (Å²) in [6, 6.07) is 25.6. The van der Waals surface area contributed by atoms with Crippen molar-refractivity contribution in [3.8, 4) is 22.7 Å². The SMILES string of the molecule is COc1cccc(-c2nn(-c3ccccc3)cc2C(=O)N2CCC(c3nc4ccccc4[nH]3)CC2)c1. The van der Waals surface area contributed by atoms with Gasteiger partial charge in [0.05, 0.1) is 29.4 Å². The summed E-state index contributed by atoms with van der Waals surface area (Å²) >= 11 is 0. The average molecular weight is 478 g/mol. The van der Waals surface area contributed by atoms with Crippen LogP contribution in [0.3, 0.4) is 0 Å². The van der Waals surface area contributed by atoms with Gasteiger partial charge < -0.3 is 14.6 Å². The summed E-state index contributed by atoms with van der Waals surface area (Å²) in [7, 11) is 1.64. The molecule has 0 unspecified atom stereocenters. The number of ether oxygens (including phenoxy) is 1. The number of amides is 1. The van der Waals surface area contributed by atoms with Gasteiger partial charge in [0, 0.05) is 30.8 Å². The second-order valence-corrected chi connectivity index (χ2v) is 9.11. The van der Waals surface area contributed by atoms with Gasteiger partial charge >= 0.3 is 0 Å². The third-order valence-corrected chi connectivity index (χ3v) is 6.89. The Morgan fingerprint density at radius 3 is 2.53 bits per heavy atom. The second-order valence-electron chi connectivity index (χ2n) is 9.11. The molecule has 7 heteroatoms. The van der Waals surface area contributed by atoms with Crippen LogP contribution in [0.4, 0.5) is 0 Å². The number of nitrogens with one attached hydrogen (secondary N) is 1. The number of hydrogen-bond acceptors (Lipinski definition) is 4. The number of hydrogen-bond donors (Lipinski definition) is 1. The zero-order chi connectivity index (χ0) is 24.5. The maximum atomic E-state index is 13.8. The van der Waals surface area contributed by atoms with Crippen molar-refractivity contribution in [3.05, 3.63) is 96.4 Å². The Balaban J connectivity index is 1.28. The van der Waals surface area contributed by atoms with Crippen molar-refractivity contribution < 1.29 is 9.53 Å². The molecular formula is C29H27N5O2. The number of methoxy groups -OCH3 is 1. The van der Waals surface area contributed by atoms with Crippen molar-refractivity contribution in [2.24, 2.45) is 0 Å². The minimum absolute atomic E-state index is 0.00180. The van der Waals surface area contributed by atoms with E-state index in [1.165, 1.54) is 0 Å². The number of benzene rings is 3. The molecule has 1 fully saturated rings. The summed E-state index contributed by atoms with van der Waals surface area (Å²) in [5.74, 6) is 2.05. The molecule has 1 aliphatic heterocycles. The third-order valence-electron chi connectivity index (χ3n) is 6.89. The largest absolute Gasteiger partial charge is 0.497 e. The number of likely N-dealkylation sites (tertiary alicyclic amines) is 1. The fraction of sp³-hybridized carbons (Fsp3) is 0.207. The summed E-state index contributed by atoms with van der Waals surface area (Å²) in [6.45, 7) is 1.35. The summed E-state index contributed by atoms with van der Waals surface area (Å²) < 4.78 is 7.20. The average Bonchev–Trinajstić information content (AvgIpc) is 3.59. The zero-order valence-corrected chi connectivity index (χ0v) is 20.1. The second kappa shape index (κ2) is 9.34. The highest BCUT2D eigenvalue weighted by Gasteiger charge is 2.29. The summed E-state index contributed by atoms with van der Waals surface area (Å²) in [4.78, 5) is 24.0. The Bertz CT molecular complexity index is 1480. The van der Waals surface area contributed by atoms with Crippen molar-refractivity contribution in [1.82, 2.24) is 24.6 Å². The minimum Gasteiger partial charge on any atom is -0.497 e. The topological polar surface area (TPSA) is 76.0 Å². The molecule has 0 spiro atoms. The molecule has 1 saturated heterocycles. The molecule has 1 aliphatic rings. The molecule has 0 radical (unpaired) electrons. The number of H-pyrrole nitrogens is 1. The number of piperidine rings is 1. The number of aromatic amines is 1. The molecule has 36 heavy (non-hydrogen) atoms. The van der Waals surface area contributed by atoms with Crippen molar-refractivity contribution in [1.29, 1.82) is 0 Å². The van der Waals surface area contributed by atoms with Gasteiger partial charge in [-0.2, -0.15) is 5.10 Å². The lowest BCUT2D eigenvalue weighted by Crippen LogP contribution is -2.38. The van der Waals surface area contributed by atoms with Crippen molar-refractivity contribution >= 4 is 16.9 Å². The van der Waals surface area contributed by atoms with Crippen LogP contribution >= 0.6 is 0 Å². The van der Waals surface area contributed by atoms with E-state index in [4.69, 9.17) is 14.8 Å². The van der Waals surface area contributed by atoms with E-state index in [1.807, 2.05) is 83.9 Å². The smallest absolute Gasteiger partial charge is 0.257 e. The molecule has 1 amide bonds. The normalized spacial score (nSPS) is 14.3. The molecule has 0 atom stereocenters. The van der Waals surface area contributed by atoms with Crippen LogP contribution in [0.2, 0.25) is 0 Å². The maximum absolute atomic E-state index is 13.8. The van der Waals surface area contributed by atoms with Crippen LogP contribution in [0, 0.1) is 0 Å². The van der Waals surface area contributed by atoms with Gasteiger partial charge in [-0.05, 0) is 49.2 Å². The van der Waals surface area contributed by atoms with Gasteiger partial charge in [-0.15, -0.1) is 0 Å². The molecule has 3 heterocycles. The Hall–Kier alpha value is -4.39. The molecule has 7 nitrogen and oxygen atoms in total. The fourth-order valence-corrected chi connectivity index (χ4v) is 4.92. The predicted octanol–water partition coefficient (Wildman–Crippen LogP) is 5.44. The monoisotopic (exact) mass is 477 g/mol. The number of fused-ring (bicyclic) bond motifs is 1. The standard InChI is InChI=1S/C29H27N5O2/c1-36-23-11-7-8-21(18-23)27-24(19-34(32-27)22-9-3-2-4-10-22)29(35)33-16-14-20(15-17-33)28-30-25-12-5-6-13-26(25)31-28/h2-13,18-20H,14-17H2,1H3,(H,30,31). The lowest BCUT2D eigenvalue weighted by atomic mass is 9.95. The zero-order valence-electron chi connectivity index (χ0n) is 20.1. The van der Waals surface area contributed by atoms with E-state index in [9.17, 15) is 4.79 Å². The Labute approximate surface area is 209 Å². The lowest BCUT2D eigenvalue weighted by Gasteiger charge is -2.31. The fourth-order valence-electron chi connectivity index (χ4n) is 4.92. The quantitative estimate of drug-likeness (QED) is 0.366. The van der Waals surface area contributed by atoms with E-state index < -0.39 is 0 Å². The van der Waals surface area contributed by atoms with E-state index in [0.717, 1.165) is 46.7 Å². The number of carbonyl (C=O) groups is 1. The highest BCUT2D eigenvalue weighted by molar-refractivity contribution is 6.00. The van der Waals surface area contributed by atoms with Crippen molar-refractivity contribution in [2.75, 3.05) is 20.2 Å². The lowest BCUT2D eigenvalue weighted by molar-refractivity contribution is 0.0712.